The summed E-state index contributed by atoms with van der Waals surface area (Å²) < 4.78 is 0. The third kappa shape index (κ3) is 2.97. The van der Waals surface area contributed by atoms with Crippen molar-refractivity contribution in [3.05, 3.63) is 0 Å². The molecular formula is C15H25N3O2. The van der Waals surface area contributed by atoms with E-state index in [0.29, 0.717) is 18.9 Å². The molecule has 0 spiro atoms. The Morgan fingerprint density at radius 1 is 1.20 bits per heavy atom. The van der Waals surface area contributed by atoms with Crippen molar-refractivity contribution in [1.29, 1.82) is 0 Å². The number of piperidine rings is 1. The molecule has 3 heterocycles. The van der Waals surface area contributed by atoms with Gasteiger partial charge in [0.05, 0.1) is 5.92 Å². The molecular weight excluding hydrogens is 254 g/mol. The lowest BCUT2D eigenvalue weighted by atomic mass is 9.97. The average molecular weight is 279 g/mol. The Hall–Kier alpha value is -1.10. The Kier molecular flexibility index (Phi) is 4.24. The van der Waals surface area contributed by atoms with Gasteiger partial charge in [0.2, 0.25) is 11.8 Å². The number of nitrogens with zero attached hydrogens (tertiary/aromatic N) is 2. The maximum atomic E-state index is 12.4. The van der Waals surface area contributed by atoms with Crippen LogP contribution in [0.4, 0.5) is 0 Å². The van der Waals surface area contributed by atoms with Crippen LogP contribution in [0, 0.1) is 11.8 Å². The first-order valence-electron chi connectivity index (χ1n) is 8.01. The van der Waals surface area contributed by atoms with Crippen LogP contribution in [-0.4, -0.2) is 60.9 Å². The molecule has 3 aliphatic heterocycles. The van der Waals surface area contributed by atoms with Crippen LogP contribution in [0.5, 0.6) is 0 Å². The molecule has 0 aromatic rings. The predicted molar refractivity (Wildman–Crippen MR) is 76.1 cm³/mol. The molecule has 0 radical (unpaired) electrons. The van der Waals surface area contributed by atoms with E-state index >= 15 is 0 Å². The number of likely N-dealkylation sites (tertiary alicyclic amines) is 2. The molecule has 5 heteroatoms. The van der Waals surface area contributed by atoms with E-state index < -0.39 is 0 Å². The molecule has 3 rings (SSSR count). The quantitative estimate of drug-likeness (QED) is 0.816. The van der Waals surface area contributed by atoms with Gasteiger partial charge in [-0.15, -0.1) is 0 Å². The second-order valence-electron chi connectivity index (χ2n) is 6.43. The number of nitrogens with one attached hydrogen (secondary N) is 1. The van der Waals surface area contributed by atoms with Crippen molar-refractivity contribution in [2.45, 2.75) is 32.1 Å². The molecule has 2 amide bonds. The Balaban J connectivity index is 1.53. The highest BCUT2D eigenvalue weighted by atomic mass is 16.2. The number of carbonyl (C=O) groups is 2. The van der Waals surface area contributed by atoms with Gasteiger partial charge in [0, 0.05) is 32.6 Å². The van der Waals surface area contributed by atoms with E-state index in [1.54, 1.807) is 0 Å². The second kappa shape index (κ2) is 6.12. The van der Waals surface area contributed by atoms with Gasteiger partial charge in [-0.1, -0.05) is 0 Å². The van der Waals surface area contributed by atoms with Crippen molar-refractivity contribution in [3.63, 3.8) is 0 Å². The fourth-order valence-corrected chi connectivity index (χ4v) is 3.69. The lowest BCUT2D eigenvalue weighted by Crippen LogP contribution is -2.38. The van der Waals surface area contributed by atoms with Gasteiger partial charge in [-0.05, 0) is 44.7 Å². The van der Waals surface area contributed by atoms with Crippen LogP contribution in [-0.2, 0) is 9.59 Å². The predicted octanol–water partition coefficient (Wildman–Crippen LogP) is 0.457. The van der Waals surface area contributed by atoms with Crippen molar-refractivity contribution in [2.24, 2.45) is 11.8 Å². The molecule has 112 valence electrons. The molecule has 1 N–H and O–H groups in total. The summed E-state index contributed by atoms with van der Waals surface area (Å²) in [6.07, 6.45) is 4.96. The Morgan fingerprint density at radius 3 is 2.60 bits per heavy atom. The molecule has 3 saturated heterocycles. The molecule has 1 unspecified atom stereocenters. The Labute approximate surface area is 120 Å². The van der Waals surface area contributed by atoms with Gasteiger partial charge < -0.3 is 15.1 Å². The summed E-state index contributed by atoms with van der Waals surface area (Å²) in [5.74, 6) is 0.924. The van der Waals surface area contributed by atoms with Gasteiger partial charge in [0.15, 0.2) is 0 Å². The van der Waals surface area contributed by atoms with Crippen LogP contribution in [0.25, 0.3) is 0 Å². The molecule has 3 aliphatic rings. The topological polar surface area (TPSA) is 52.7 Å². The van der Waals surface area contributed by atoms with Crippen LogP contribution in [0.2, 0.25) is 0 Å². The fraction of sp³-hybridized carbons (Fsp3) is 0.867. The third-order valence-corrected chi connectivity index (χ3v) is 4.92. The van der Waals surface area contributed by atoms with Crippen molar-refractivity contribution < 1.29 is 9.59 Å². The van der Waals surface area contributed by atoms with Crippen LogP contribution < -0.4 is 5.32 Å². The normalized spacial score (nSPS) is 28.4. The van der Waals surface area contributed by atoms with Gasteiger partial charge in [0.1, 0.15) is 0 Å². The van der Waals surface area contributed by atoms with Gasteiger partial charge >= 0.3 is 0 Å². The van der Waals surface area contributed by atoms with Crippen LogP contribution >= 0.6 is 0 Å². The summed E-state index contributed by atoms with van der Waals surface area (Å²) in [7, 11) is 0. The number of carbonyl (C=O) groups excluding carboxylic acids is 2. The Morgan fingerprint density at radius 2 is 1.90 bits per heavy atom. The zero-order valence-corrected chi connectivity index (χ0v) is 12.1. The molecule has 0 aromatic heterocycles. The van der Waals surface area contributed by atoms with Crippen molar-refractivity contribution >= 4 is 11.8 Å². The summed E-state index contributed by atoms with van der Waals surface area (Å²) in [4.78, 5) is 28.4. The first-order valence-corrected chi connectivity index (χ1v) is 8.01. The van der Waals surface area contributed by atoms with Gasteiger partial charge in [0.25, 0.3) is 0 Å². The molecule has 1 atom stereocenters. The summed E-state index contributed by atoms with van der Waals surface area (Å²) in [5, 5.41) is 3.35. The monoisotopic (exact) mass is 279 g/mol. The molecule has 0 saturated carbocycles. The second-order valence-corrected chi connectivity index (χ2v) is 6.43. The van der Waals surface area contributed by atoms with E-state index in [0.717, 1.165) is 58.4 Å². The molecule has 0 aliphatic carbocycles. The first kappa shape index (κ1) is 13.9. The summed E-state index contributed by atoms with van der Waals surface area (Å²) in [5.41, 5.74) is 0. The van der Waals surface area contributed by atoms with Crippen molar-refractivity contribution in [3.8, 4) is 0 Å². The average Bonchev–Trinajstić information content (AvgIpc) is 3.10. The zero-order valence-electron chi connectivity index (χ0n) is 12.1. The lowest BCUT2D eigenvalue weighted by Gasteiger charge is -2.27. The van der Waals surface area contributed by atoms with Crippen molar-refractivity contribution in [2.75, 3.05) is 39.3 Å². The highest BCUT2D eigenvalue weighted by Gasteiger charge is 2.37. The van der Waals surface area contributed by atoms with E-state index in [1.807, 2.05) is 9.80 Å². The van der Waals surface area contributed by atoms with Crippen LogP contribution in [0.3, 0.4) is 0 Å². The molecule has 5 nitrogen and oxygen atoms in total. The number of amides is 2. The van der Waals surface area contributed by atoms with E-state index in [-0.39, 0.29) is 17.7 Å². The van der Waals surface area contributed by atoms with Crippen molar-refractivity contribution in [1.82, 2.24) is 15.1 Å². The summed E-state index contributed by atoms with van der Waals surface area (Å²) in [6, 6.07) is 0. The lowest BCUT2D eigenvalue weighted by molar-refractivity contribution is -0.134. The maximum absolute atomic E-state index is 12.4. The zero-order chi connectivity index (χ0) is 13.9. The van der Waals surface area contributed by atoms with Gasteiger partial charge in [-0.3, -0.25) is 9.59 Å². The fourth-order valence-electron chi connectivity index (χ4n) is 3.69. The number of rotatable bonds is 3. The highest BCUT2D eigenvalue weighted by Crippen LogP contribution is 2.24. The standard InChI is InChI=1S/C15H25N3O2/c19-14-9-13(15(20)17-7-1-2-8-17)11-18(14)10-12-3-5-16-6-4-12/h12-13,16H,1-11H2. The molecule has 3 fully saturated rings. The smallest absolute Gasteiger partial charge is 0.227 e. The number of hydrogen-bond acceptors (Lipinski definition) is 3. The molecule has 0 aromatic carbocycles. The molecule has 0 bridgehead atoms. The SMILES string of the molecule is O=C1CC(C(=O)N2CCCC2)CN1CC1CCNCC1. The first-order chi connectivity index (χ1) is 9.74. The minimum absolute atomic E-state index is 0.0812. The van der Waals surface area contributed by atoms with E-state index in [2.05, 4.69) is 5.32 Å². The summed E-state index contributed by atoms with van der Waals surface area (Å²) in [6.45, 7) is 5.39. The van der Waals surface area contributed by atoms with Gasteiger partial charge in [-0.25, -0.2) is 0 Å². The summed E-state index contributed by atoms with van der Waals surface area (Å²) >= 11 is 0. The molecule has 20 heavy (non-hydrogen) atoms. The number of hydrogen-bond donors (Lipinski definition) is 1. The largest absolute Gasteiger partial charge is 0.342 e. The van der Waals surface area contributed by atoms with E-state index in [9.17, 15) is 9.59 Å². The minimum Gasteiger partial charge on any atom is -0.342 e. The van der Waals surface area contributed by atoms with E-state index in [1.165, 1.54) is 0 Å². The minimum atomic E-state index is -0.0812. The highest BCUT2D eigenvalue weighted by molar-refractivity contribution is 5.89. The van der Waals surface area contributed by atoms with E-state index in [4.69, 9.17) is 0 Å². The van der Waals surface area contributed by atoms with Crippen LogP contribution in [0.15, 0.2) is 0 Å². The Bertz CT molecular complexity index is 373. The maximum Gasteiger partial charge on any atom is 0.227 e. The third-order valence-electron chi connectivity index (χ3n) is 4.92. The van der Waals surface area contributed by atoms with Gasteiger partial charge in [-0.2, -0.15) is 0 Å². The van der Waals surface area contributed by atoms with Crippen LogP contribution in [0.1, 0.15) is 32.1 Å².